The lowest BCUT2D eigenvalue weighted by Crippen LogP contribution is -2.45. The molecule has 27 heavy (non-hydrogen) atoms. The van der Waals surface area contributed by atoms with Crippen molar-refractivity contribution < 1.29 is 18.8 Å². The minimum absolute atomic E-state index is 0.0268. The van der Waals surface area contributed by atoms with Gasteiger partial charge in [-0.05, 0) is 38.1 Å². The van der Waals surface area contributed by atoms with Gasteiger partial charge in [0.05, 0.1) is 13.2 Å². The molecule has 0 radical (unpaired) electrons. The molecule has 3 amide bonds. The van der Waals surface area contributed by atoms with E-state index in [4.69, 9.17) is 9.26 Å². The molecule has 1 aromatic carbocycles. The number of carbonyl (C=O) groups is 2. The fourth-order valence-electron chi connectivity index (χ4n) is 2.98. The number of benzene rings is 1. The van der Waals surface area contributed by atoms with Crippen LogP contribution in [-0.2, 0) is 11.3 Å². The van der Waals surface area contributed by atoms with Crippen molar-refractivity contribution in [2.24, 2.45) is 0 Å². The zero-order valence-electron chi connectivity index (χ0n) is 15.6. The predicted octanol–water partition coefficient (Wildman–Crippen LogP) is 1.72. The van der Waals surface area contributed by atoms with Gasteiger partial charge in [0.1, 0.15) is 12.3 Å². The van der Waals surface area contributed by atoms with E-state index in [1.165, 1.54) is 0 Å². The smallest absolute Gasteiger partial charge is 0.318 e. The Hall–Kier alpha value is -3.10. The zero-order chi connectivity index (χ0) is 19.4. The van der Waals surface area contributed by atoms with Gasteiger partial charge in [-0.3, -0.25) is 4.79 Å². The number of urea groups is 1. The summed E-state index contributed by atoms with van der Waals surface area (Å²) in [6, 6.07) is 6.75. The van der Waals surface area contributed by atoms with Crippen molar-refractivity contribution in [2.45, 2.75) is 32.9 Å². The highest BCUT2D eigenvalue weighted by Crippen LogP contribution is 2.24. The van der Waals surface area contributed by atoms with Crippen LogP contribution in [0.5, 0.6) is 5.75 Å². The van der Waals surface area contributed by atoms with E-state index in [1.807, 2.05) is 19.1 Å². The summed E-state index contributed by atoms with van der Waals surface area (Å²) < 4.78 is 10.2. The summed E-state index contributed by atoms with van der Waals surface area (Å²) >= 11 is 0. The number of aryl methyl sites for hydroxylation is 1. The Labute approximate surface area is 157 Å². The predicted molar refractivity (Wildman–Crippen MR) is 97.4 cm³/mol. The number of aromatic nitrogens is 2. The largest absolute Gasteiger partial charge is 0.497 e. The van der Waals surface area contributed by atoms with E-state index in [0.717, 1.165) is 11.4 Å². The fraction of sp³-hybridized carbons (Fsp3) is 0.444. The minimum atomic E-state index is -0.261. The first-order valence-corrected chi connectivity index (χ1v) is 8.79. The van der Waals surface area contributed by atoms with E-state index >= 15 is 0 Å². The average molecular weight is 373 g/mol. The Kier molecular flexibility index (Phi) is 5.58. The third-order valence-corrected chi connectivity index (χ3v) is 4.40. The van der Waals surface area contributed by atoms with Crippen molar-refractivity contribution in [2.75, 3.05) is 25.1 Å². The van der Waals surface area contributed by atoms with Crippen LogP contribution >= 0.6 is 0 Å². The summed E-state index contributed by atoms with van der Waals surface area (Å²) in [6.45, 7) is 4.73. The first-order chi connectivity index (χ1) is 13.0. The quantitative estimate of drug-likeness (QED) is 0.827. The SMILES string of the molecule is CCN(Cc1nc(C)no1)C(=O)N[C@@H]1CC(=O)N(c2ccc(OC)cc2)C1. The number of nitrogens with zero attached hydrogens (tertiary/aromatic N) is 4. The second kappa shape index (κ2) is 8.07. The maximum Gasteiger partial charge on any atom is 0.318 e. The summed E-state index contributed by atoms with van der Waals surface area (Å²) in [5, 5.41) is 6.65. The molecule has 1 N–H and O–H groups in total. The highest BCUT2D eigenvalue weighted by atomic mass is 16.5. The standard InChI is InChI=1S/C18H23N5O4/c1-4-22(11-16-19-12(2)21-27-16)18(25)20-13-9-17(24)23(10-13)14-5-7-15(26-3)8-6-14/h5-8,13H,4,9-11H2,1-3H3,(H,20,25)/t13-/m1/s1. The van der Waals surface area contributed by atoms with Crippen LogP contribution in [0.2, 0.25) is 0 Å². The van der Waals surface area contributed by atoms with Crippen LogP contribution in [0.4, 0.5) is 10.5 Å². The highest BCUT2D eigenvalue weighted by molar-refractivity contribution is 5.96. The lowest BCUT2D eigenvalue weighted by molar-refractivity contribution is -0.117. The van der Waals surface area contributed by atoms with Crippen LogP contribution in [0.15, 0.2) is 28.8 Å². The molecule has 1 fully saturated rings. The average Bonchev–Trinajstić information content (AvgIpc) is 3.24. The topological polar surface area (TPSA) is 101 Å². The molecule has 0 spiro atoms. The number of rotatable bonds is 6. The van der Waals surface area contributed by atoms with Gasteiger partial charge in [0.15, 0.2) is 5.82 Å². The van der Waals surface area contributed by atoms with Crippen LogP contribution in [0, 0.1) is 6.92 Å². The van der Waals surface area contributed by atoms with Gasteiger partial charge in [-0.1, -0.05) is 5.16 Å². The Morgan fingerprint density at radius 3 is 2.74 bits per heavy atom. The molecule has 9 heteroatoms. The summed E-state index contributed by atoms with van der Waals surface area (Å²) in [5.74, 6) is 1.61. The third kappa shape index (κ3) is 4.36. The molecule has 1 aliphatic heterocycles. The maximum atomic E-state index is 12.6. The molecule has 1 saturated heterocycles. The van der Waals surface area contributed by atoms with Gasteiger partial charge in [0, 0.05) is 25.2 Å². The van der Waals surface area contributed by atoms with Crippen molar-refractivity contribution in [1.82, 2.24) is 20.4 Å². The van der Waals surface area contributed by atoms with E-state index in [1.54, 1.807) is 36.0 Å². The molecule has 9 nitrogen and oxygen atoms in total. The number of hydrogen-bond donors (Lipinski definition) is 1. The van der Waals surface area contributed by atoms with Gasteiger partial charge in [0.2, 0.25) is 11.8 Å². The van der Waals surface area contributed by atoms with Crippen molar-refractivity contribution in [1.29, 1.82) is 0 Å². The lowest BCUT2D eigenvalue weighted by atomic mass is 10.2. The Morgan fingerprint density at radius 2 is 2.15 bits per heavy atom. The molecule has 1 aliphatic rings. The van der Waals surface area contributed by atoms with Gasteiger partial charge in [0.25, 0.3) is 0 Å². The van der Waals surface area contributed by atoms with Crippen LogP contribution in [0.25, 0.3) is 0 Å². The molecule has 1 aromatic heterocycles. The zero-order valence-corrected chi connectivity index (χ0v) is 15.6. The van der Waals surface area contributed by atoms with Gasteiger partial charge in [-0.15, -0.1) is 0 Å². The molecule has 2 heterocycles. The molecule has 0 aliphatic carbocycles. The van der Waals surface area contributed by atoms with E-state index in [2.05, 4.69) is 15.5 Å². The summed E-state index contributed by atoms with van der Waals surface area (Å²) in [4.78, 5) is 32.3. The second-order valence-electron chi connectivity index (χ2n) is 6.30. The Bertz CT molecular complexity index is 804. The Balaban J connectivity index is 1.59. The normalized spacial score (nSPS) is 16.5. The van der Waals surface area contributed by atoms with Crippen molar-refractivity contribution in [3.05, 3.63) is 36.0 Å². The van der Waals surface area contributed by atoms with Gasteiger partial charge in [-0.2, -0.15) is 4.98 Å². The van der Waals surface area contributed by atoms with E-state index in [-0.39, 0.29) is 30.9 Å². The Morgan fingerprint density at radius 1 is 1.41 bits per heavy atom. The van der Waals surface area contributed by atoms with E-state index < -0.39 is 0 Å². The van der Waals surface area contributed by atoms with Gasteiger partial charge >= 0.3 is 6.03 Å². The van der Waals surface area contributed by atoms with Gasteiger partial charge in [-0.25, -0.2) is 4.79 Å². The molecule has 1 atom stereocenters. The molecule has 0 unspecified atom stereocenters. The van der Waals surface area contributed by atoms with Gasteiger partial charge < -0.3 is 24.4 Å². The van der Waals surface area contributed by atoms with Crippen LogP contribution in [0.1, 0.15) is 25.1 Å². The number of anilines is 1. The third-order valence-electron chi connectivity index (χ3n) is 4.40. The first kappa shape index (κ1) is 18.7. The lowest BCUT2D eigenvalue weighted by Gasteiger charge is -2.22. The fourth-order valence-corrected chi connectivity index (χ4v) is 2.98. The van der Waals surface area contributed by atoms with Crippen molar-refractivity contribution in [3.63, 3.8) is 0 Å². The number of methoxy groups -OCH3 is 1. The molecule has 144 valence electrons. The number of nitrogens with one attached hydrogen (secondary N) is 1. The summed E-state index contributed by atoms with van der Waals surface area (Å²) in [5.41, 5.74) is 0.784. The number of ether oxygens (including phenoxy) is 1. The monoisotopic (exact) mass is 373 g/mol. The van der Waals surface area contributed by atoms with Crippen LogP contribution in [-0.4, -0.2) is 53.2 Å². The van der Waals surface area contributed by atoms with Crippen LogP contribution in [0.3, 0.4) is 0 Å². The summed E-state index contributed by atoms with van der Waals surface area (Å²) in [6.07, 6.45) is 0.259. The molecular formula is C18H23N5O4. The molecule has 0 bridgehead atoms. The van der Waals surface area contributed by atoms with E-state index in [9.17, 15) is 9.59 Å². The number of hydrogen-bond acceptors (Lipinski definition) is 6. The van der Waals surface area contributed by atoms with Crippen molar-refractivity contribution in [3.8, 4) is 5.75 Å². The van der Waals surface area contributed by atoms with E-state index in [0.29, 0.717) is 24.8 Å². The molecule has 3 rings (SSSR count). The second-order valence-corrected chi connectivity index (χ2v) is 6.30. The molecular weight excluding hydrogens is 350 g/mol. The number of amides is 3. The molecule has 0 saturated carbocycles. The first-order valence-electron chi connectivity index (χ1n) is 8.79. The summed E-state index contributed by atoms with van der Waals surface area (Å²) in [7, 11) is 1.59. The highest BCUT2D eigenvalue weighted by Gasteiger charge is 2.32. The minimum Gasteiger partial charge on any atom is -0.497 e. The van der Waals surface area contributed by atoms with Crippen molar-refractivity contribution >= 4 is 17.6 Å². The maximum absolute atomic E-state index is 12.6. The van der Waals surface area contributed by atoms with Crippen LogP contribution < -0.4 is 15.0 Å². The number of carbonyl (C=O) groups excluding carboxylic acids is 2. The molecule has 2 aromatic rings.